The molecule has 3 heteroatoms. The molecule has 0 amide bonds. The molecule has 0 aromatic heterocycles. The lowest BCUT2D eigenvalue weighted by Crippen LogP contribution is -2.49. The van der Waals surface area contributed by atoms with Gasteiger partial charge in [0.15, 0.2) is 0 Å². The Bertz CT molecular complexity index is 205. The number of nitriles is 1. The fourth-order valence-electron chi connectivity index (χ4n) is 1.50. The normalized spacial score (nSPS) is 24.8. The smallest absolute Gasteiger partial charge is 0.0663 e. The summed E-state index contributed by atoms with van der Waals surface area (Å²) < 4.78 is 0. The van der Waals surface area contributed by atoms with Gasteiger partial charge in [0.25, 0.3) is 0 Å². The summed E-state index contributed by atoms with van der Waals surface area (Å²) in [6.07, 6.45) is 4.56. The van der Waals surface area contributed by atoms with Crippen LogP contribution in [-0.4, -0.2) is 37.1 Å². The Balaban J connectivity index is 2.23. The summed E-state index contributed by atoms with van der Waals surface area (Å²) in [6.45, 7) is 6.47. The SMILES string of the molecule is C[C@H]1CNCCN1C/C=C\CC#N. The maximum Gasteiger partial charge on any atom is 0.0663 e. The van der Waals surface area contributed by atoms with Gasteiger partial charge in [0.2, 0.25) is 0 Å². The zero-order chi connectivity index (χ0) is 9.52. The van der Waals surface area contributed by atoms with Gasteiger partial charge in [-0.2, -0.15) is 5.26 Å². The Morgan fingerprint density at radius 1 is 1.62 bits per heavy atom. The standard InChI is InChI=1S/C10H17N3/c1-10-9-12-6-8-13(10)7-4-2-3-5-11/h2,4,10,12H,3,6-9H2,1H3/b4-2-/t10-/m0/s1. The van der Waals surface area contributed by atoms with Crippen LogP contribution < -0.4 is 5.32 Å². The number of hydrogen-bond donors (Lipinski definition) is 1. The van der Waals surface area contributed by atoms with E-state index in [1.54, 1.807) is 0 Å². The van der Waals surface area contributed by atoms with Crippen LogP contribution in [0.1, 0.15) is 13.3 Å². The fourth-order valence-corrected chi connectivity index (χ4v) is 1.50. The first-order valence-corrected chi connectivity index (χ1v) is 4.81. The van der Waals surface area contributed by atoms with E-state index in [0.29, 0.717) is 12.5 Å². The minimum Gasteiger partial charge on any atom is -0.314 e. The van der Waals surface area contributed by atoms with Gasteiger partial charge < -0.3 is 5.32 Å². The largest absolute Gasteiger partial charge is 0.314 e. The van der Waals surface area contributed by atoms with Crippen molar-refractivity contribution in [1.82, 2.24) is 10.2 Å². The highest BCUT2D eigenvalue weighted by molar-refractivity contribution is 4.93. The van der Waals surface area contributed by atoms with Gasteiger partial charge in [-0.1, -0.05) is 12.2 Å². The van der Waals surface area contributed by atoms with Crippen molar-refractivity contribution in [2.24, 2.45) is 0 Å². The van der Waals surface area contributed by atoms with Gasteiger partial charge in [-0.3, -0.25) is 4.90 Å². The molecule has 0 saturated carbocycles. The van der Waals surface area contributed by atoms with Crippen molar-refractivity contribution in [3.05, 3.63) is 12.2 Å². The van der Waals surface area contributed by atoms with Crippen molar-refractivity contribution in [2.75, 3.05) is 26.2 Å². The number of allylic oxidation sites excluding steroid dienone is 1. The average molecular weight is 179 g/mol. The predicted octanol–water partition coefficient (Wildman–Crippen LogP) is 0.750. The molecule has 1 rings (SSSR count). The van der Waals surface area contributed by atoms with Crippen LogP contribution in [0, 0.1) is 11.3 Å². The zero-order valence-electron chi connectivity index (χ0n) is 8.16. The molecule has 0 aromatic rings. The molecule has 1 saturated heterocycles. The van der Waals surface area contributed by atoms with Gasteiger partial charge in [-0.05, 0) is 6.92 Å². The van der Waals surface area contributed by atoms with Crippen LogP contribution >= 0.6 is 0 Å². The highest BCUT2D eigenvalue weighted by Gasteiger charge is 2.15. The van der Waals surface area contributed by atoms with Gasteiger partial charge in [-0.15, -0.1) is 0 Å². The van der Waals surface area contributed by atoms with E-state index in [0.717, 1.165) is 26.2 Å². The summed E-state index contributed by atoms with van der Waals surface area (Å²) in [5.74, 6) is 0. The van der Waals surface area contributed by atoms with Crippen LogP contribution in [0.3, 0.4) is 0 Å². The lowest BCUT2D eigenvalue weighted by Gasteiger charge is -2.32. The molecule has 1 atom stereocenters. The Morgan fingerprint density at radius 2 is 2.46 bits per heavy atom. The summed E-state index contributed by atoms with van der Waals surface area (Å²) in [5.41, 5.74) is 0. The maximum atomic E-state index is 8.33. The first kappa shape index (κ1) is 10.2. The summed E-state index contributed by atoms with van der Waals surface area (Å²) in [4.78, 5) is 2.42. The molecule has 1 fully saturated rings. The van der Waals surface area contributed by atoms with Crippen LogP contribution in [0.4, 0.5) is 0 Å². The molecule has 0 unspecified atom stereocenters. The summed E-state index contributed by atoms with van der Waals surface area (Å²) in [5, 5.41) is 11.7. The monoisotopic (exact) mass is 179 g/mol. The Morgan fingerprint density at radius 3 is 3.15 bits per heavy atom. The van der Waals surface area contributed by atoms with Crippen molar-refractivity contribution in [2.45, 2.75) is 19.4 Å². The third-order valence-electron chi connectivity index (χ3n) is 2.35. The Labute approximate surface area is 80.0 Å². The van der Waals surface area contributed by atoms with E-state index in [2.05, 4.69) is 29.3 Å². The quantitative estimate of drug-likeness (QED) is 0.650. The Kier molecular flexibility index (Phi) is 4.52. The van der Waals surface area contributed by atoms with Crippen molar-refractivity contribution in [3.8, 4) is 6.07 Å². The van der Waals surface area contributed by atoms with Crippen molar-refractivity contribution in [3.63, 3.8) is 0 Å². The van der Waals surface area contributed by atoms with E-state index in [1.807, 2.05) is 6.08 Å². The molecule has 72 valence electrons. The van der Waals surface area contributed by atoms with Gasteiger partial charge in [0.05, 0.1) is 12.5 Å². The molecule has 13 heavy (non-hydrogen) atoms. The number of hydrogen-bond acceptors (Lipinski definition) is 3. The molecule has 1 aliphatic rings. The lowest BCUT2D eigenvalue weighted by atomic mass is 10.2. The molecule has 0 aromatic carbocycles. The number of piperazine rings is 1. The lowest BCUT2D eigenvalue weighted by molar-refractivity contribution is 0.192. The number of nitrogens with zero attached hydrogens (tertiary/aromatic N) is 2. The number of nitrogens with one attached hydrogen (secondary N) is 1. The predicted molar refractivity (Wildman–Crippen MR) is 53.3 cm³/mol. The molecule has 3 nitrogen and oxygen atoms in total. The highest BCUT2D eigenvalue weighted by Crippen LogP contribution is 2.01. The third kappa shape index (κ3) is 3.58. The first-order chi connectivity index (χ1) is 6.34. The van der Waals surface area contributed by atoms with Gasteiger partial charge >= 0.3 is 0 Å². The van der Waals surface area contributed by atoms with Gasteiger partial charge in [-0.25, -0.2) is 0 Å². The van der Waals surface area contributed by atoms with Crippen LogP contribution in [0.2, 0.25) is 0 Å². The van der Waals surface area contributed by atoms with E-state index < -0.39 is 0 Å². The molecule has 1 N–H and O–H groups in total. The molecule has 0 spiro atoms. The van der Waals surface area contributed by atoms with Crippen LogP contribution in [-0.2, 0) is 0 Å². The first-order valence-electron chi connectivity index (χ1n) is 4.81. The van der Waals surface area contributed by atoms with E-state index in [1.165, 1.54) is 0 Å². The second kappa shape index (κ2) is 5.74. The molecule has 0 radical (unpaired) electrons. The number of rotatable bonds is 3. The van der Waals surface area contributed by atoms with E-state index in [-0.39, 0.29) is 0 Å². The van der Waals surface area contributed by atoms with Crippen LogP contribution in [0.15, 0.2) is 12.2 Å². The average Bonchev–Trinajstić information content (AvgIpc) is 2.15. The van der Waals surface area contributed by atoms with Crippen LogP contribution in [0.5, 0.6) is 0 Å². The topological polar surface area (TPSA) is 39.1 Å². The third-order valence-corrected chi connectivity index (χ3v) is 2.35. The highest BCUT2D eigenvalue weighted by atomic mass is 15.2. The summed E-state index contributed by atoms with van der Waals surface area (Å²) >= 11 is 0. The summed E-state index contributed by atoms with van der Waals surface area (Å²) in [6, 6.07) is 2.71. The Hall–Kier alpha value is -0.850. The minimum atomic E-state index is 0.528. The van der Waals surface area contributed by atoms with Crippen molar-refractivity contribution < 1.29 is 0 Å². The van der Waals surface area contributed by atoms with E-state index in [4.69, 9.17) is 5.26 Å². The summed E-state index contributed by atoms with van der Waals surface area (Å²) in [7, 11) is 0. The molecule has 0 bridgehead atoms. The molecular formula is C10H17N3. The second-order valence-corrected chi connectivity index (χ2v) is 3.38. The molecule has 1 heterocycles. The van der Waals surface area contributed by atoms with E-state index in [9.17, 15) is 0 Å². The van der Waals surface area contributed by atoms with E-state index >= 15 is 0 Å². The zero-order valence-corrected chi connectivity index (χ0v) is 8.16. The molecule has 1 aliphatic heterocycles. The molecular weight excluding hydrogens is 162 g/mol. The van der Waals surface area contributed by atoms with Gasteiger partial charge in [0, 0.05) is 32.2 Å². The minimum absolute atomic E-state index is 0.528. The van der Waals surface area contributed by atoms with Crippen molar-refractivity contribution >= 4 is 0 Å². The maximum absolute atomic E-state index is 8.33. The van der Waals surface area contributed by atoms with Crippen LogP contribution in [0.25, 0.3) is 0 Å². The van der Waals surface area contributed by atoms with Gasteiger partial charge in [0.1, 0.15) is 0 Å². The fraction of sp³-hybridized carbons (Fsp3) is 0.700. The molecule has 0 aliphatic carbocycles. The van der Waals surface area contributed by atoms with Crippen molar-refractivity contribution in [1.29, 1.82) is 5.26 Å². The second-order valence-electron chi connectivity index (χ2n) is 3.38.